The van der Waals surface area contributed by atoms with Gasteiger partial charge in [0, 0.05) is 0 Å². The summed E-state index contributed by atoms with van der Waals surface area (Å²) >= 11 is 0. The normalized spacial score (nSPS) is 43.5. The number of carbonyl (C=O) groups is 2. The lowest BCUT2D eigenvalue weighted by molar-refractivity contribution is -0.154. The van der Waals surface area contributed by atoms with Crippen LogP contribution < -0.4 is 0 Å². The Bertz CT molecular complexity index is 313. The number of ether oxygens (including phenoxy) is 1. The quantitative estimate of drug-likeness (QED) is 0.344. The summed E-state index contributed by atoms with van der Waals surface area (Å²) in [6.07, 6.45) is 8.63. The van der Waals surface area contributed by atoms with Gasteiger partial charge in [-0.15, -0.1) is 0 Å². The van der Waals surface area contributed by atoms with E-state index in [4.69, 9.17) is 4.74 Å². The van der Waals surface area contributed by atoms with Crippen LogP contribution in [-0.4, -0.2) is 11.9 Å². The zero-order chi connectivity index (χ0) is 10.4. The molecule has 1 fully saturated rings. The van der Waals surface area contributed by atoms with Crippen LogP contribution in [0.1, 0.15) is 25.7 Å². The third kappa shape index (κ3) is 1.25. The molecule has 1 heterocycles. The van der Waals surface area contributed by atoms with Crippen molar-refractivity contribution < 1.29 is 14.3 Å². The third-order valence-electron chi connectivity index (χ3n) is 3.99. The van der Waals surface area contributed by atoms with Gasteiger partial charge in [0.2, 0.25) is 0 Å². The second-order valence-electron chi connectivity index (χ2n) is 4.79. The molecular formula is C12H14O3. The molecule has 0 aromatic carbocycles. The summed E-state index contributed by atoms with van der Waals surface area (Å²) in [4.78, 5) is 23.2. The fraction of sp³-hybridized carbons (Fsp3) is 0.667. The molecule has 3 heteroatoms. The van der Waals surface area contributed by atoms with Crippen LogP contribution in [0.3, 0.4) is 0 Å². The van der Waals surface area contributed by atoms with E-state index in [1.807, 2.05) is 0 Å². The Morgan fingerprint density at radius 2 is 1.40 bits per heavy atom. The van der Waals surface area contributed by atoms with Gasteiger partial charge in [-0.25, -0.2) is 0 Å². The number of cyclic esters (lactones) is 2. The van der Waals surface area contributed by atoms with Crippen LogP contribution in [0.4, 0.5) is 0 Å². The molecule has 0 amide bonds. The Hall–Kier alpha value is -1.12. The molecule has 0 radical (unpaired) electrons. The van der Waals surface area contributed by atoms with E-state index in [9.17, 15) is 9.59 Å². The van der Waals surface area contributed by atoms with Gasteiger partial charge in [-0.3, -0.25) is 9.59 Å². The van der Waals surface area contributed by atoms with Crippen LogP contribution in [-0.2, 0) is 14.3 Å². The standard InChI is InChI=1S/C12H14O3/c13-11-9-7-3-1-2-4-8(6-5-7)10(9)12(14)15-11/h5-10H,1-4H2/t7-,8-,9+,10+/m1/s1. The van der Waals surface area contributed by atoms with Crippen molar-refractivity contribution in [2.24, 2.45) is 23.7 Å². The number of rotatable bonds is 0. The average Bonchev–Trinajstić information content (AvgIpc) is 2.43. The Morgan fingerprint density at radius 3 is 1.87 bits per heavy atom. The third-order valence-corrected chi connectivity index (χ3v) is 3.99. The molecule has 0 aromatic heterocycles. The van der Waals surface area contributed by atoms with Crippen molar-refractivity contribution in [3.05, 3.63) is 12.2 Å². The van der Waals surface area contributed by atoms with E-state index >= 15 is 0 Å². The summed E-state index contributed by atoms with van der Waals surface area (Å²) in [6, 6.07) is 0. The number of hydrogen-bond donors (Lipinski definition) is 0. The molecule has 3 rings (SSSR count). The van der Waals surface area contributed by atoms with E-state index in [1.54, 1.807) is 0 Å². The van der Waals surface area contributed by atoms with Crippen molar-refractivity contribution >= 4 is 11.9 Å². The van der Waals surface area contributed by atoms with Crippen molar-refractivity contribution in [1.29, 1.82) is 0 Å². The van der Waals surface area contributed by atoms with Crippen molar-refractivity contribution in [3.63, 3.8) is 0 Å². The molecule has 2 bridgehead atoms. The highest BCUT2D eigenvalue weighted by Gasteiger charge is 2.52. The Balaban J connectivity index is 2.02. The molecule has 0 unspecified atom stereocenters. The summed E-state index contributed by atoms with van der Waals surface area (Å²) in [5.74, 6) is -0.436. The fourth-order valence-corrected chi connectivity index (χ4v) is 3.25. The van der Waals surface area contributed by atoms with Gasteiger partial charge in [-0.2, -0.15) is 0 Å². The number of allylic oxidation sites excluding steroid dienone is 2. The first-order valence-corrected chi connectivity index (χ1v) is 5.71. The summed E-state index contributed by atoms with van der Waals surface area (Å²) in [7, 11) is 0. The average molecular weight is 206 g/mol. The lowest BCUT2D eigenvalue weighted by Gasteiger charge is -2.33. The first kappa shape index (κ1) is 9.13. The maximum absolute atomic E-state index is 11.6. The van der Waals surface area contributed by atoms with Crippen molar-refractivity contribution in [3.8, 4) is 0 Å². The zero-order valence-corrected chi connectivity index (χ0v) is 8.52. The summed E-state index contributed by atoms with van der Waals surface area (Å²) in [6.45, 7) is 0. The predicted octanol–water partition coefficient (Wildman–Crippen LogP) is 1.68. The number of esters is 2. The van der Waals surface area contributed by atoms with Gasteiger partial charge in [-0.05, 0) is 24.7 Å². The summed E-state index contributed by atoms with van der Waals surface area (Å²) < 4.78 is 4.78. The number of fused-ring (bicyclic) bond motifs is 5. The lowest BCUT2D eigenvalue weighted by Crippen LogP contribution is -2.35. The molecule has 80 valence electrons. The predicted molar refractivity (Wildman–Crippen MR) is 52.7 cm³/mol. The maximum atomic E-state index is 11.6. The molecule has 4 atom stereocenters. The molecule has 0 saturated carbocycles. The van der Waals surface area contributed by atoms with E-state index in [1.165, 1.54) is 0 Å². The monoisotopic (exact) mass is 206 g/mol. The van der Waals surface area contributed by atoms with Gasteiger partial charge in [0.05, 0.1) is 11.8 Å². The van der Waals surface area contributed by atoms with E-state index in [-0.39, 0.29) is 35.6 Å². The van der Waals surface area contributed by atoms with Gasteiger partial charge in [0.25, 0.3) is 0 Å². The fourth-order valence-electron chi connectivity index (χ4n) is 3.25. The Morgan fingerprint density at radius 1 is 0.933 bits per heavy atom. The molecule has 0 aromatic rings. The molecule has 3 aliphatic rings. The first-order chi connectivity index (χ1) is 7.27. The maximum Gasteiger partial charge on any atom is 0.318 e. The minimum atomic E-state index is -0.286. The Labute approximate surface area is 88.5 Å². The van der Waals surface area contributed by atoms with Crippen LogP contribution in [0.2, 0.25) is 0 Å². The summed E-state index contributed by atoms with van der Waals surface area (Å²) in [5.41, 5.74) is 0. The highest BCUT2D eigenvalue weighted by atomic mass is 16.6. The second-order valence-corrected chi connectivity index (χ2v) is 4.79. The number of carbonyl (C=O) groups excluding carboxylic acids is 2. The van der Waals surface area contributed by atoms with Gasteiger partial charge >= 0.3 is 11.9 Å². The van der Waals surface area contributed by atoms with Crippen molar-refractivity contribution in [2.45, 2.75) is 25.7 Å². The number of hydrogen-bond acceptors (Lipinski definition) is 3. The van der Waals surface area contributed by atoms with Crippen LogP contribution in [0.25, 0.3) is 0 Å². The van der Waals surface area contributed by atoms with Crippen molar-refractivity contribution in [1.82, 2.24) is 0 Å². The van der Waals surface area contributed by atoms with Gasteiger partial charge in [0.1, 0.15) is 0 Å². The molecule has 3 nitrogen and oxygen atoms in total. The molecule has 15 heavy (non-hydrogen) atoms. The molecule has 1 aliphatic heterocycles. The molecule has 1 saturated heterocycles. The molecule has 0 N–H and O–H groups in total. The highest BCUT2D eigenvalue weighted by Crippen LogP contribution is 2.45. The van der Waals surface area contributed by atoms with E-state index in [0.717, 1.165) is 25.7 Å². The van der Waals surface area contributed by atoms with Crippen LogP contribution >= 0.6 is 0 Å². The topological polar surface area (TPSA) is 43.4 Å². The second kappa shape index (κ2) is 3.19. The van der Waals surface area contributed by atoms with E-state index in [2.05, 4.69) is 12.2 Å². The Kier molecular flexibility index (Phi) is 1.94. The van der Waals surface area contributed by atoms with E-state index in [0.29, 0.717) is 0 Å². The molecule has 0 spiro atoms. The summed E-state index contributed by atoms with van der Waals surface area (Å²) in [5, 5.41) is 0. The smallest absolute Gasteiger partial charge is 0.318 e. The zero-order valence-electron chi connectivity index (χ0n) is 8.52. The van der Waals surface area contributed by atoms with E-state index < -0.39 is 0 Å². The highest BCUT2D eigenvalue weighted by molar-refractivity contribution is 5.97. The molecule has 2 aliphatic carbocycles. The van der Waals surface area contributed by atoms with Gasteiger partial charge < -0.3 is 4.74 Å². The lowest BCUT2D eigenvalue weighted by atomic mass is 9.67. The SMILES string of the molecule is O=C1OC(=O)[C@@H]2[C@@H]1[C@H]1C=C[C@H]2CCCC1. The minimum absolute atomic E-state index is 0.173. The van der Waals surface area contributed by atoms with Gasteiger partial charge in [0.15, 0.2) is 0 Å². The van der Waals surface area contributed by atoms with Crippen LogP contribution in [0.15, 0.2) is 12.2 Å². The van der Waals surface area contributed by atoms with Gasteiger partial charge in [-0.1, -0.05) is 25.0 Å². The first-order valence-electron chi connectivity index (χ1n) is 5.71. The van der Waals surface area contributed by atoms with Crippen LogP contribution in [0, 0.1) is 23.7 Å². The van der Waals surface area contributed by atoms with Crippen molar-refractivity contribution in [2.75, 3.05) is 0 Å². The van der Waals surface area contributed by atoms with Crippen LogP contribution in [0.5, 0.6) is 0 Å². The molecular weight excluding hydrogens is 192 g/mol. The largest absolute Gasteiger partial charge is 0.393 e. The minimum Gasteiger partial charge on any atom is -0.393 e.